The van der Waals surface area contributed by atoms with Crippen LogP contribution in [0.15, 0.2) is 18.3 Å². The number of rotatable bonds is 1. The zero-order valence-electron chi connectivity index (χ0n) is 9.06. The second kappa shape index (κ2) is 4.31. The molecule has 3 rings (SSSR count). The lowest BCUT2D eigenvalue weighted by molar-refractivity contribution is 0.355. The zero-order chi connectivity index (χ0) is 11.0. The Morgan fingerprint density at radius 1 is 1.25 bits per heavy atom. The largest absolute Gasteiger partial charge is 0.315 e. The average Bonchev–Trinajstić information content (AvgIpc) is 2.66. The predicted molar refractivity (Wildman–Crippen MR) is 72.4 cm³/mol. The molecule has 1 aliphatic carbocycles. The van der Waals surface area contributed by atoms with Gasteiger partial charge >= 0.3 is 0 Å². The zero-order valence-corrected chi connectivity index (χ0v) is 11.2. The fraction of sp³-hybridized carbons (Fsp3) is 0.500. The van der Waals surface area contributed by atoms with E-state index in [0.29, 0.717) is 6.04 Å². The number of pyridine rings is 1. The quantitative estimate of drug-likeness (QED) is 0.750. The van der Waals surface area contributed by atoms with Gasteiger partial charge in [-0.1, -0.05) is 19.3 Å². The predicted octanol–water partition coefficient (Wildman–Crippen LogP) is 3.54. The Hall–Kier alpha value is -0.650. The van der Waals surface area contributed by atoms with E-state index in [9.17, 15) is 0 Å². The van der Waals surface area contributed by atoms with Gasteiger partial charge in [-0.2, -0.15) is 0 Å². The van der Waals surface area contributed by atoms with Crippen LogP contribution < -0.4 is 0 Å². The first kappa shape index (κ1) is 10.5. The summed E-state index contributed by atoms with van der Waals surface area (Å²) in [5, 5.41) is 0. The summed E-state index contributed by atoms with van der Waals surface area (Å²) in [7, 11) is 0. The minimum Gasteiger partial charge on any atom is -0.315 e. The van der Waals surface area contributed by atoms with E-state index < -0.39 is 0 Å². The van der Waals surface area contributed by atoms with Crippen molar-refractivity contribution in [1.29, 1.82) is 0 Å². The van der Waals surface area contributed by atoms with E-state index >= 15 is 0 Å². The second-order valence-electron chi connectivity index (χ2n) is 4.39. The molecule has 2 aromatic heterocycles. The van der Waals surface area contributed by atoms with Gasteiger partial charge in [0.05, 0.1) is 5.52 Å². The Kier molecular flexibility index (Phi) is 2.83. The van der Waals surface area contributed by atoms with E-state index in [0.717, 1.165) is 9.48 Å². The highest BCUT2D eigenvalue weighted by Gasteiger charge is 2.20. The van der Waals surface area contributed by atoms with Crippen LogP contribution in [0.2, 0.25) is 0 Å². The molecular weight excluding hydrogens is 313 g/mol. The molecule has 0 unspecified atom stereocenters. The highest BCUT2D eigenvalue weighted by atomic mass is 127. The molecule has 1 aliphatic rings. The van der Waals surface area contributed by atoms with Crippen molar-refractivity contribution >= 4 is 33.8 Å². The Morgan fingerprint density at radius 3 is 2.88 bits per heavy atom. The monoisotopic (exact) mass is 327 g/mol. The second-order valence-corrected chi connectivity index (χ2v) is 5.35. The molecule has 1 saturated carbocycles. The third-order valence-electron chi connectivity index (χ3n) is 3.36. The molecule has 0 radical (unpaired) electrons. The number of aromatic nitrogens is 3. The van der Waals surface area contributed by atoms with Crippen LogP contribution in [0, 0.1) is 3.83 Å². The molecule has 84 valence electrons. The summed E-state index contributed by atoms with van der Waals surface area (Å²) in [6.45, 7) is 0. The first-order chi connectivity index (χ1) is 7.86. The summed E-state index contributed by atoms with van der Waals surface area (Å²) in [6.07, 6.45) is 8.47. The Labute approximate surface area is 108 Å². The molecule has 1 fully saturated rings. The summed E-state index contributed by atoms with van der Waals surface area (Å²) >= 11 is 2.33. The summed E-state index contributed by atoms with van der Waals surface area (Å²) < 4.78 is 3.46. The number of hydrogen-bond acceptors (Lipinski definition) is 2. The van der Waals surface area contributed by atoms with E-state index in [4.69, 9.17) is 0 Å². The first-order valence-electron chi connectivity index (χ1n) is 5.85. The molecule has 0 atom stereocenters. The van der Waals surface area contributed by atoms with Gasteiger partial charge in [-0.3, -0.25) is 0 Å². The van der Waals surface area contributed by atoms with Gasteiger partial charge in [-0.05, 0) is 25.0 Å². The fourth-order valence-corrected chi connectivity index (χ4v) is 3.47. The van der Waals surface area contributed by atoms with Gasteiger partial charge in [0.25, 0.3) is 0 Å². The van der Waals surface area contributed by atoms with Gasteiger partial charge in [-0.15, -0.1) is 0 Å². The fourth-order valence-electron chi connectivity index (χ4n) is 2.59. The maximum Gasteiger partial charge on any atom is 0.178 e. The smallest absolute Gasteiger partial charge is 0.178 e. The maximum atomic E-state index is 4.53. The van der Waals surface area contributed by atoms with Crippen LogP contribution in [0.5, 0.6) is 0 Å². The van der Waals surface area contributed by atoms with Crippen LogP contribution in [-0.2, 0) is 0 Å². The molecule has 16 heavy (non-hydrogen) atoms. The van der Waals surface area contributed by atoms with Crippen molar-refractivity contribution in [2.24, 2.45) is 0 Å². The van der Waals surface area contributed by atoms with E-state index in [1.807, 2.05) is 12.3 Å². The minimum atomic E-state index is 0.634. The van der Waals surface area contributed by atoms with Gasteiger partial charge in [0, 0.05) is 34.8 Å². The lowest BCUT2D eigenvalue weighted by atomic mass is 9.95. The van der Waals surface area contributed by atoms with Crippen molar-refractivity contribution in [3.8, 4) is 0 Å². The Bertz CT molecular complexity index is 500. The average molecular weight is 327 g/mol. The number of halogens is 1. The molecular formula is C12H14IN3. The Balaban J connectivity index is 2.10. The van der Waals surface area contributed by atoms with E-state index in [2.05, 4.69) is 43.2 Å². The summed E-state index contributed by atoms with van der Waals surface area (Å²) in [6, 6.07) is 4.76. The van der Waals surface area contributed by atoms with Crippen LogP contribution >= 0.6 is 22.6 Å². The number of hydrogen-bond donors (Lipinski definition) is 0. The lowest BCUT2D eigenvalue weighted by Gasteiger charge is -2.24. The van der Waals surface area contributed by atoms with Gasteiger partial charge in [-0.25, -0.2) is 9.97 Å². The third kappa shape index (κ3) is 1.73. The lowest BCUT2D eigenvalue weighted by Crippen LogP contribution is -2.14. The van der Waals surface area contributed by atoms with Gasteiger partial charge in [0.1, 0.15) is 0 Å². The molecule has 0 amide bonds. The molecule has 4 heteroatoms. The van der Waals surface area contributed by atoms with E-state index in [-0.39, 0.29) is 0 Å². The molecule has 3 nitrogen and oxygen atoms in total. The normalized spacial score (nSPS) is 18.1. The molecule has 2 heterocycles. The van der Waals surface area contributed by atoms with Crippen molar-refractivity contribution < 1.29 is 0 Å². The Morgan fingerprint density at radius 2 is 2.06 bits per heavy atom. The van der Waals surface area contributed by atoms with Crippen LogP contribution in [0.3, 0.4) is 0 Å². The molecule has 0 spiro atoms. The van der Waals surface area contributed by atoms with Crippen molar-refractivity contribution in [1.82, 2.24) is 14.5 Å². The summed E-state index contributed by atoms with van der Waals surface area (Å²) in [5.41, 5.74) is 2.08. The maximum absolute atomic E-state index is 4.53. The van der Waals surface area contributed by atoms with Crippen LogP contribution in [0.4, 0.5) is 0 Å². The number of nitrogens with zero attached hydrogens (tertiary/aromatic N) is 3. The van der Waals surface area contributed by atoms with Crippen molar-refractivity contribution in [3.05, 3.63) is 22.2 Å². The van der Waals surface area contributed by atoms with Gasteiger partial charge < -0.3 is 4.57 Å². The van der Waals surface area contributed by atoms with Crippen molar-refractivity contribution in [2.45, 2.75) is 38.1 Å². The summed E-state index contributed by atoms with van der Waals surface area (Å²) in [5.74, 6) is 0. The van der Waals surface area contributed by atoms with E-state index in [1.165, 1.54) is 37.6 Å². The van der Waals surface area contributed by atoms with Gasteiger partial charge in [0.2, 0.25) is 0 Å². The summed E-state index contributed by atoms with van der Waals surface area (Å²) in [4.78, 5) is 8.85. The number of imidazole rings is 1. The molecule has 0 aromatic carbocycles. The highest BCUT2D eigenvalue weighted by molar-refractivity contribution is 14.1. The highest BCUT2D eigenvalue weighted by Crippen LogP contribution is 2.32. The minimum absolute atomic E-state index is 0.634. The standard InChI is InChI=1S/C12H14IN3/c13-12-15-11-10(7-4-8-14-11)16(12)9-5-2-1-3-6-9/h4,7-9H,1-3,5-6H2. The molecule has 2 aromatic rings. The topological polar surface area (TPSA) is 30.7 Å². The van der Waals surface area contributed by atoms with Crippen molar-refractivity contribution in [3.63, 3.8) is 0 Å². The molecule has 0 aliphatic heterocycles. The van der Waals surface area contributed by atoms with Gasteiger partial charge in [0.15, 0.2) is 9.48 Å². The van der Waals surface area contributed by atoms with Crippen LogP contribution in [-0.4, -0.2) is 14.5 Å². The van der Waals surface area contributed by atoms with Crippen LogP contribution in [0.1, 0.15) is 38.1 Å². The SMILES string of the molecule is Ic1nc2ncccc2n1C1CCCCC1. The molecule has 0 saturated heterocycles. The number of fused-ring (bicyclic) bond motifs is 1. The van der Waals surface area contributed by atoms with Crippen molar-refractivity contribution in [2.75, 3.05) is 0 Å². The molecule has 0 bridgehead atoms. The first-order valence-corrected chi connectivity index (χ1v) is 6.92. The third-order valence-corrected chi connectivity index (χ3v) is 4.12. The molecule has 0 N–H and O–H groups in total. The van der Waals surface area contributed by atoms with E-state index in [1.54, 1.807) is 0 Å². The van der Waals surface area contributed by atoms with Crippen LogP contribution in [0.25, 0.3) is 11.2 Å².